The highest BCUT2D eigenvalue weighted by molar-refractivity contribution is 9.09. The number of halogens is 1. The van der Waals surface area contributed by atoms with Crippen molar-refractivity contribution in [2.24, 2.45) is 11.7 Å². The lowest BCUT2D eigenvalue weighted by molar-refractivity contribution is -0.237. The maximum absolute atomic E-state index is 11.0. The predicted octanol–water partition coefficient (Wildman–Crippen LogP) is 2.89. The van der Waals surface area contributed by atoms with E-state index in [0.29, 0.717) is 13.0 Å². The van der Waals surface area contributed by atoms with Gasteiger partial charge in [-0.3, -0.25) is 0 Å². The van der Waals surface area contributed by atoms with E-state index in [2.05, 4.69) is 15.9 Å². The van der Waals surface area contributed by atoms with Gasteiger partial charge in [-0.15, -0.1) is 0 Å². The molecule has 5 nitrogen and oxygen atoms in total. The molecule has 1 amide bonds. The van der Waals surface area contributed by atoms with E-state index in [0.717, 1.165) is 23.9 Å². The summed E-state index contributed by atoms with van der Waals surface area (Å²) >= 11 is 3.41. The van der Waals surface area contributed by atoms with Crippen LogP contribution in [0.1, 0.15) is 33.1 Å². The van der Waals surface area contributed by atoms with Gasteiger partial charge >= 0.3 is 6.09 Å². The number of ether oxygens (including phenoxy) is 1. The number of allylic oxidation sites excluding steroid dienone is 1. The molecule has 2 N–H and O–H groups in total. The number of carbonyl (C=O) groups is 1. The van der Waals surface area contributed by atoms with Gasteiger partial charge < -0.3 is 15.4 Å². The second kappa shape index (κ2) is 6.99. The third-order valence-corrected chi connectivity index (χ3v) is 3.59. The van der Waals surface area contributed by atoms with Gasteiger partial charge in [-0.05, 0) is 32.8 Å². The summed E-state index contributed by atoms with van der Waals surface area (Å²) in [6.07, 6.45) is 3.71. The van der Waals surface area contributed by atoms with Gasteiger partial charge in [0.05, 0.1) is 0 Å². The summed E-state index contributed by atoms with van der Waals surface area (Å²) in [6, 6.07) is 0. The molecule has 0 aromatic heterocycles. The molecule has 1 heterocycles. The van der Waals surface area contributed by atoms with Crippen LogP contribution in [0.15, 0.2) is 11.8 Å². The maximum Gasteiger partial charge on any atom is 0.405 e. The molecule has 6 heteroatoms. The zero-order valence-corrected chi connectivity index (χ0v) is 12.4. The Morgan fingerprint density at radius 1 is 1.67 bits per heavy atom. The van der Waals surface area contributed by atoms with Crippen molar-refractivity contribution in [1.29, 1.82) is 0 Å². The topological polar surface area (TPSA) is 70.8 Å². The van der Waals surface area contributed by atoms with Crippen molar-refractivity contribution in [3.63, 3.8) is 0 Å². The maximum atomic E-state index is 11.0. The predicted molar refractivity (Wildman–Crippen MR) is 71.0 cm³/mol. The smallest absolute Gasteiger partial charge is 0.405 e. The minimum absolute atomic E-state index is 0.135. The van der Waals surface area contributed by atoms with Gasteiger partial charge in [0.15, 0.2) is 0 Å². The first kappa shape index (κ1) is 15.3. The minimum Gasteiger partial charge on any atom is -0.443 e. The van der Waals surface area contributed by atoms with Crippen molar-refractivity contribution in [1.82, 2.24) is 0 Å². The van der Waals surface area contributed by atoms with Gasteiger partial charge in [-0.1, -0.05) is 15.9 Å². The summed E-state index contributed by atoms with van der Waals surface area (Å²) in [6.45, 7) is 4.21. The van der Waals surface area contributed by atoms with Crippen LogP contribution in [0.25, 0.3) is 0 Å². The second-order valence-corrected chi connectivity index (χ2v) is 5.59. The SMILES string of the molecule is CC(C)(OC(N)=O)C(CCCBr)CC1=CCOO1. The summed E-state index contributed by atoms with van der Waals surface area (Å²) in [7, 11) is 0. The van der Waals surface area contributed by atoms with Gasteiger partial charge in [0.2, 0.25) is 0 Å². The van der Waals surface area contributed by atoms with E-state index in [4.69, 9.17) is 20.2 Å². The first-order chi connectivity index (χ1) is 8.45. The molecule has 0 saturated carbocycles. The van der Waals surface area contributed by atoms with Gasteiger partial charge in [-0.25, -0.2) is 4.79 Å². The molecule has 0 saturated heterocycles. The van der Waals surface area contributed by atoms with Crippen LogP contribution in [-0.4, -0.2) is 23.6 Å². The standard InChI is InChI=1S/C12H20BrNO4/c1-12(2,17-11(14)15)9(4-3-6-13)8-10-5-7-16-18-10/h5,9H,3-4,6-8H2,1-2H3,(H2,14,15). The number of amides is 1. The largest absolute Gasteiger partial charge is 0.443 e. The van der Waals surface area contributed by atoms with E-state index in [9.17, 15) is 4.79 Å². The molecule has 0 aromatic carbocycles. The van der Waals surface area contributed by atoms with Crippen molar-refractivity contribution in [3.8, 4) is 0 Å². The number of hydrogen-bond donors (Lipinski definition) is 1. The Morgan fingerprint density at radius 3 is 2.89 bits per heavy atom. The van der Waals surface area contributed by atoms with Crippen LogP contribution in [0.5, 0.6) is 0 Å². The van der Waals surface area contributed by atoms with E-state index < -0.39 is 11.7 Å². The van der Waals surface area contributed by atoms with E-state index >= 15 is 0 Å². The third-order valence-electron chi connectivity index (χ3n) is 3.03. The zero-order valence-electron chi connectivity index (χ0n) is 10.8. The van der Waals surface area contributed by atoms with Gasteiger partial charge in [0.25, 0.3) is 0 Å². The van der Waals surface area contributed by atoms with E-state index in [1.165, 1.54) is 0 Å². The number of nitrogens with two attached hydrogens (primary N) is 1. The zero-order chi connectivity index (χ0) is 13.6. The molecule has 0 fully saturated rings. The number of primary amides is 1. The molecule has 0 bridgehead atoms. The monoisotopic (exact) mass is 321 g/mol. The molecule has 1 atom stereocenters. The van der Waals surface area contributed by atoms with Crippen LogP contribution in [0.2, 0.25) is 0 Å². The summed E-state index contributed by atoms with van der Waals surface area (Å²) in [5.41, 5.74) is 4.49. The van der Waals surface area contributed by atoms with Crippen molar-refractivity contribution < 1.29 is 19.3 Å². The molecule has 0 aliphatic carbocycles. The lowest BCUT2D eigenvalue weighted by Crippen LogP contribution is -2.39. The van der Waals surface area contributed by atoms with Crippen molar-refractivity contribution in [3.05, 3.63) is 11.8 Å². The Bertz CT molecular complexity index is 317. The first-order valence-electron chi connectivity index (χ1n) is 5.98. The van der Waals surface area contributed by atoms with Gasteiger partial charge in [0.1, 0.15) is 18.0 Å². The lowest BCUT2D eigenvalue weighted by Gasteiger charge is -2.33. The van der Waals surface area contributed by atoms with Gasteiger partial charge in [0, 0.05) is 17.7 Å². The average Bonchev–Trinajstić information content (AvgIpc) is 2.74. The highest BCUT2D eigenvalue weighted by Gasteiger charge is 2.34. The molecule has 104 valence electrons. The van der Waals surface area contributed by atoms with Crippen LogP contribution >= 0.6 is 15.9 Å². The fraction of sp³-hybridized carbons (Fsp3) is 0.750. The van der Waals surface area contributed by atoms with E-state index in [1.807, 2.05) is 19.9 Å². The molecule has 0 radical (unpaired) electrons. The van der Waals surface area contributed by atoms with Crippen LogP contribution in [0.4, 0.5) is 4.79 Å². The summed E-state index contributed by atoms with van der Waals surface area (Å²) < 4.78 is 5.21. The van der Waals surface area contributed by atoms with Crippen LogP contribution < -0.4 is 5.73 Å². The second-order valence-electron chi connectivity index (χ2n) is 4.80. The fourth-order valence-electron chi connectivity index (χ4n) is 1.99. The molecule has 18 heavy (non-hydrogen) atoms. The first-order valence-corrected chi connectivity index (χ1v) is 7.10. The Kier molecular flexibility index (Phi) is 5.95. The summed E-state index contributed by atoms with van der Waals surface area (Å²) in [5, 5.41) is 0.909. The summed E-state index contributed by atoms with van der Waals surface area (Å²) in [4.78, 5) is 20.8. The highest BCUT2D eigenvalue weighted by atomic mass is 79.9. The Morgan fingerprint density at radius 2 is 2.39 bits per heavy atom. The van der Waals surface area contributed by atoms with Crippen molar-refractivity contribution >= 4 is 22.0 Å². The number of rotatable bonds is 7. The third kappa shape index (κ3) is 4.86. The average molecular weight is 322 g/mol. The van der Waals surface area contributed by atoms with E-state index in [1.54, 1.807) is 0 Å². The van der Waals surface area contributed by atoms with Crippen LogP contribution in [0.3, 0.4) is 0 Å². The molecule has 0 spiro atoms. The molecule has 1 aliphatic heterocycles. The Labute approximate surface area is 116 Å². The van der Waals surface area contributed by atoms with Crippen LogP contribution in [-0.2, 0) is 14.5 Å². The molecule has 1 unspecified atom stereocenters. The van der Waals surface area contributed by atoms with E-state index in [-0.39, 0.29) is 5.92 Å². The molecular weight excluding hydrogens is 302 g/mol. The highest BCUT2D eigenvalue weighted by Crippen LogP contribution is 2.32. The van der Waals surface area contributed by atoms with Crippen molar-refractivity contribution in [2.75, 3.05) is 11.9 Å². The summed E-state index contributed by atoms with van der Waals surface area (Å²) in [5.74, 6) is 0.922. The molecular formula is C12H20BrNO4. The molecule has 1 rings (SSSR count). The number of hydrogen-bond acceptors (Lipinski definition) is 4. The van der Waals surface area contributed by atoms with Crippen LogP contribution in [0, 0.1) is 5.92 Å². The molecule has 1 aliphatic rings. The van der Waals surface area contributed by atoms with Crippen molar-refractivity contribution in [2.45, 2.75) is 38.7 Å². The Hall–Kier alpha value is -0.750. The number of carbonyl (C=O) groups excluding carboxylic acids is 1. The Balaban J connectivity index is 2.65. The lowest BCUT2D eigenvalue weighted by atomic mass is 9.83. The number of alkyl halides is 1. The fourth-order valence-corrected chi connectivity index (χ4v) is 2.32. The quantitative estimate of drug-likeness (QED) is 0.578. The minimum atomic E-state index is -0.749. The normalized spacial score (nSPS) is 16.9. The van der Waals surface area contributed by atoms with Gasteiger partial charge in [-0.2, -0.15) is 4.89 Å². The molecule has 0 aromatic rings.